The third-order valence-electron chi connectivity index (χ3n) is 4.22. The van der Waals surface area contributed by atoms with Crippen LogP contribution in [0, 0.1) is 12.7 Å². The lowest BCUT2D eigenvalue weighted by Crippen LogP contribution is -2.31. The topological polar surface area (TPSA) is 105 Å². The fourth-order valence-corrected chi connectivity index (χ4v) is 3.92. The van der Waals surface area contributed by atoms with Crippen LogP contribution in [0.4, 0.5) is 4.39 Å². The average Bonchev–Trinajstić information content (AvgIpc) is 3.04. The molecule has 0 atom stereocenters. The van der Waals surface area contributed by atoms with Gasteiger partial charge in [0.2, 0.25) is 15.9 Å². The van der Waals surface area contributed by atoms with Crippen LogP contribution in [-0.4, -0.2) is 42.0 Å². The van der Waals surface area contributed by atoms with Crippen LogP contribution in [0.3, 0.4) is 0 Å². The van der Waals surface area contributed by atoms with Gasteiger partial charge in [-0.25, -0.2) is 27.0 Å². The van der Waals surface area contributed by atoms with E-state index in [-0.39, 0.29) is 18.9 Å². The molecule has 0 saturated heterocycles. The van der Waals surface area contributed by atoms with Crippen molar-refractivity contribution in [3.05, 3.63) is 59.8 Å². The summed E-state index contributed by atoms with van der Waals surface area (Å²) in [5, 5.41) is 7.06. The quantitative estimate of drug-likeness (QED) is 0.513. The number of carbonyl (C=O) groups is 1. The van der Waals surface area contributed by atoms with Crippen molar-refractivity contribution in [1.82, 2.24) is 24.6 Å². The highest BCUT2D eigenvalue weighted by molar-refractivity contribution is 7.89. The van der Waals surface area contributed by atoms with E-state index in [2.05, 4.69) is 20.1 Å². The van der Waals surface area contributed by atoms with E-state index in [0.29, 0.717) is 13.0 Å². The minimum Gasteiger partial charge on any atom is -0.356 e. The molecule has 3 aromatic rings. The number of hydrogen-bond acceptors (Lipinski definition) is 5. The van der Waals surface area contributed by atoms with Gasteiger partial charge >= 0.3 is 0 Å². The van der Waals surface area contributed by atoms with E-state index < -0.39 is 20.7 Å². The van der Waals surface area contributed by atoms with Crippen LogP contribution >= 0.6 is 0 Å². The monoisotopic (exact) mass is 419 g/mol. The summed E-state index contributed by atoms with van der Waals surface area (Å²) in [5.41, 5.74) is 2.69. The van der Waals surface area contributed by atoms with E-state index in [1.54, 1.807) is 10.7 Å². The molecule has 29 heavy (non-hydrogen) atoms. The highest BCUT2D eigenvalue weighted by atomic mass is 32.2. The second kappa shape index (κ2) is 9.10. The minimum absolute atomic E-state index is 0.0340. The van der Waals surface area contributed by atoms with Crippen LogP contribution in [0.2, 0.25) is 0 Å². The van der Waals surface area contributed by atoms with Crippen molar-refractivity contribution in [3.63, 3.8) is 0 Å². The van der Waals surface area contributed by atoms with E-state index in [4.69, 9.17) is 0 Å². The largest absolute Gasteiger partial charge is 0.356 e. The van der Waals surface area contributed by atoms with Crippen molar-refractivity contribution in [2.24, 2.45) is 0 Å². The Morgan fingerprint density at radius 3 is 2.83 bits per heavy atom. The first kappa shape index (κ1) is 20.9. The molecule has 1 aromatic carbocycles. The number of nitrogens with zero attached hydrogens (tertiary/aromatic N) is 3. The number of aryl methyl sites for hydroxylation is 2. The molecule has 2 heterocycles. The Balaban J connectivity index is 1.38. The summed E-state index contributed by atoms with van der Waals surface area (Å²) in [7, 11) is -3.98. The normalized spacial score (nSPS) is 11.7. The van der Waals surface area contributed by atoms with Crippen LogP contribution in [0.5, 0.6) is 0 Å². The summed E-state index contributed by atoms with van der Waals surface area (Å²) < 4.78 is 41.7. The van der Waals surface area contributed by atoms with Gasteiger partial charge in [-0.1, -0.05) is 12.1 Å². The predicted octanol–water partition coefficient (Wildman–Crippen LogP) is 1.59. The molecule has 2 N–H and O–H groups in total. The second-order valence-electron chi connectivity index (χ2n) is 6.58. The molecule has 3 rings (SSSR count). The highest BCUT2D eigenvalue weighted by Gasteiger charge is 2.18. The smallest absolute Gasteiger partial charge is 0.243 e. The second-order valence-corrected chi connectivity index (χ2v) is 8.32. The van der Waals surface area contributed by atoms with Crippen LogP contribution in [0.25, 0.3) is 5.65 Å². The number of amides is 1. The summed E-state index contributed by atoms with van der Waals surface area (Å²) in [5.74, 6) is -1.11. The van der Waals surface area contributed by atoms with Gasteiger partial charge in [0.15, 0.2) is 5.65 Å². The number of nitrogens with one attached hydrogen (secondary N) is 2. The molecule has 0 spiro atoms. The lowest BCUT2D eigenvalue weighted by molar-refractivity contribution is -0.120. The maximum absolute atomic E-state index is 13.6. The number of benzene rings is 1. The van der Waals surface area contributed by atoms with E-state index >= 15 is 0 Å². The van der Waals surface area contributed by atoms with Gasteiger partial charge in [0.1, 0.15) is 10.7 Å². The molecule has 0 aliphatic carbocycles. The zero-order chi connectivity index (χ0) is 20.9. The molecule has 0 radical (unpaired) electrons. The molecule has 1 amide bonds. The Kier molecular flexibility index (Phi) is 6.55. The summed E-state index contributed by atoms with van der Waals surface area (Å²) in [6.45, 7) is 2.25. The van der Waals surface area contributed by atoms with E-state index in [9.17, 15) is 17.6 Å². The van der Waals surface area contributed by atoms with Crippen molar-refractivity contribution < 1.29 is 17.6 Å². The molecule has 0 unspecified atom stereocenters. The van der Waals surface area contributed by atoms with Crippen molar-refractivity contribution in [3.8, 4) is 0 Å². The van der Waals surface area contributed by atoms with Crippen LogP contribution in [0.1, 0.15) is 24.1 Å². The van der Waals surface area contributed by atoms with Crippen molar-refractivity contribution in [2.75, 3.05) is 13.1 Å². The average molecular weight is 419 g/mol. The Labute approximate surface area is 168 Å². The zero-order valence-electron chi connectivity index (χ0n) is 15.9. The molecule has 0 bridgehead atoms. The Morgan fingerprint density at radius 2 is 2.03 bits per heavy atom. The van der Waals surface area contributed by atoms with E-state index in [1.165, 1.54) is 18.2 Å². The fourth-order valence-electron chi connectivity index (χ4n) is 2.81. The maximum Gasteiger partial charge on any atom is 0.243 e. The zero-order valence-corrected chi connectivity index (χ0v) is 16.7. The van der Waals surface area contributed by atoms with Crippen LogP contribution in [0.15, 0.2) is 47.6 Å². The number of sulfonamides is 1. The van der Waals surface area contributed by atoms with Gasteiger partial charge in [-0.3, -0.25) is 4.79 Å². The first-order chi connectivity index (χ1) is 13.8. The number of halogens is 1. The molecule has 0 fully saturated rings. The van der Waals surface area contributed by atoms with Crippen molar-refractivity contribution in [2.45, 2.75) is 31.1 Å². The molecule has 0 saturated carbocycles. The molecule has 154 valence electrons. The fraction of sp³-hybridized carbons (Fsp3) is 0.316. The standard InChI is InChI=1S/C19H22FN5O3S/c1-14-11-18-22-12-15(13-25(18)24-14)5-4-9-21-19(26)8-10-23-29(27,28)17-7-3-2-6-16(17)20/h2-3,6-7,11-13,23H,4-5,8-10H2,1H3,(H,21,26). The Hall–Kier alpha value is -2.85. The SMILES string of the molecule is Cc1cc2ncc(CCCNC(=O)CCNS(=O)(=O)c3ccccc3F)cn2n1. The van der Waals surface area contributed by atoms with E-state index in [1.807, 2.05) is 19.2 Å². The molecule has 8 nitrogen and oxygen atoms in total. The third kappa shape index (κ3) is 5.58. The minimum atomic E-state index is -3.98. The summed E-state index contributed by atoms with van der Waals surface area (Å²) in [4.78, 5) is 15.8. The summed E-state index contributed by atoms with van der Waals surface area (Å²) >= 11 is 0. The Bertz CT molecular complexity index is 1110. The van der Waals surface area contributed by atoms with Crippen LogP contribution in [-0.2, 0) is 21.2 Å². The predicted molar refractivity (Wildman–Crippen MR) is 105 cm³/mol. The maximum atomic E-state index is 13.6. The molecule has 10 heteroatoms. The Morgan fingerprint density at radius 1 is 1.24 bits per heavy atom. The number of carbonyl (C=O) groups excluding carboxylic acids is 1. The van der Waals surface area contributed by atoms with Crippen LogP contribution < -0.4 is 10.0 Å². The van der Waals surface area contributed by atoms with Gasteiger partial charge in [0, 0.05) is 38.0 Å². The van der Waals surface area contributed by atoms with Gasteiger partial charge in [-0.15, -0.1) is 0 Å². The molecule has 2 aromatic heterocycles. The van der Waals surface area contributed by atoms with Gasteiger partial charge in [0.05, 0.1) is 5.69 Å². The number of fused-ring (bicyclic) bond motifs is 1. The number of hydrogen-bond donors (Lipinski definition) is 2. The lowest BCUT2D eigenvalue weighted by Gasteiger charge is -2.08. The molecular formula is C19H22FN5O3S. The first-order valence-electron chi connectivity index (χ1n) is 9.17. The van der Waals surface area contributed by atoms with Gasteiger partial charge < -0.3 is 5.32 Å². The summed E-state index contributed by atoms with van der Waals surface area (Å²) in [6, 6.07) is 6.98. The lowest BCUT2D eigenvalue weighted by atomic mass is 10.2. The first-order valence-corrected chi connectivity index (χ1v) is 10.7. The highest BCUT2D eigenvalue weighted by Crippen LogP contribution is 2.12. The number of aromatic nitrogens is 3. The summed E-state index contributed by atoms with van der Waals surface area (Å²) in [6.07, 6.45) is 5.10. The molecule has 0 aliphatic rings. The van der Waals surface area contributed by atoms with Crippen molar-refractivity contribution in [1.29, 1.82) is 0 Å². The van der Waals surface area contributed by atoms with E-state index in [0.717, 1.165) is 29.4 Å². The van der Waals surface area contributed by atoms with Gasteiger partial charge in [0.25, 0.3) is 0 Å². The van der Waals surface area contributed by atoms with Crippen molar-refractivity contribution >= 4 is 21.6 Å². The molecular weight excluding hydrogens is 397 g/mol. The molecule has 0 aliphatic heterocycles. The number of rotatable bonds is 9. The van der Waals surface area contributed by atoms with Gasteiger partial charge in [-0.2, -0.15) is 5.10 Å². The van der Waals surface area contributed by atoms with Gasteiger partial charge in [-0.05, 0) is 37.5 Å². The third-order valence-corrected chi connectivity index (χ3v) is 5.72.